The van der Waals surface area contributed by atoms with Crippen molar-refractivity contribution in [2.24, 2.45) is 5.92 Å². The lowest BCUT2D eigenvalue weighted by molar-refractivity contribution is -0.122. The number of hydrogen-bond donors (Lipinski definition) is 1. The fourth-order valence-electron chi connectivity index (χ4n) is 6.09. The lowest BCUT2D eigenvalue weighted by atomic mass is 10.0. The van der Waals surface area contributed by atoms with E-state index in [1.54, 1.807) is 0 Å². The summed E-state index contributed by atoms with van der Waals surface area (Å²) in [5.74, 6) is 2.67. The van der Waals surface area contributed by atoms with Gasteiger partial charge in [-0.3, -0.25) is 4.79 Å². The Morgan fingerprint density at radius 1 is 1.00 bits per heavy atom. The third-order valence-electron chi connectivity index (χ3n) is 8.10. The molecule has 2 fully saturated rings. The molecule has 3 heterocycles. The van der Waals surface area contributed by atoms with Crippen molar-refractivity contribution in [2.75, 3.05) is 52.5 Å². The highest BCUT2D eigenvalue weighted by molar-refractivity contribution is 5.76. The number of hydrogen-bond acceptors (Lipinski definition) is 5. The summed E-state index contributed by atoms with van der Waals surface area (Å²) in [5.41, 5.74) is 1.20. The molecular formula is C30H49N3O3. The monoisotopic (exact) mass is 499 g/mol. The fraction of sp³-hybridized carbons (Fsp3) is 0.767. The van der Waals surface area contributed by atoms with E-state index in [1.807, 2.05) is 6.07 Å². The molecule has 0 radical (unpaired) electrons. The average Bonchev–Trinajstić information content (AvgIpc) is 3.56. The van der Waals surface area contributed by atoms with Crippen LogP contribution < -0.4 is 14.8 Å². The smallest absolute Gasteiger partial charge is 0.220 e. The molecule has 4 rings (SSSR count). The number of amides is 1. The van der Waals surface area contributed by atoms with E-state index in [2.05, 4.69) is 34.2 Å². The quantitative estimate of drug-likeness (QED) is 0.343. The van der Waals surface area contributed by atoms with Crippen LogP contribution in [-0.2, 0) is 11.2 Å². The number of nitrogens with zero attached hydrogens (tertiary/aromatic N) is 2. The van der Waals surface area contributed by atoms with Crippen molar-refractivity contribution in [3.8, 4) is 11.5 Å². The largest absolute Gasteiger partial charge is 0.486 e. The van der Waals surface area contributed by atoms with E-state index in [0.29, 0.717) is 19.6 Å². The minimum atomic E-state index is 0.124. The summed E-state index contributed by atoms with van der Waals surface area (Å²) in [5, 5.41) is 3.40. The number of carbonyl (C=O) groups excluding carboxylic acids is 1. The second-order valence-electron chi connectivity index (χ2n) is 11.2. The number of carbonyl (C=O) groups is 1. The van der Waals surface area contributed by atoms with Crippen LogP contribution >= 0.6 is 0 Å². The lowest BCUT2D eigenvalue weighted by Crippen LogP contribution is -2.44. The third-order valence-corrected chi connectivity index (χ3v) is 8.10. The first kappa shape index (κ1) is 27.3. The predicted molar refractivity (Wildman–Crippen MR) is 146 cm³/mol. The Hall–Kier alpha value is -1.79. The van der Waals surface area contributed by atoms with E-state index in [4.69, 9.17) is 9.47 Å². The Kier molecular flexibility index (Phi) is 11.2. The molecule has 202 valence electrons. The summed E-state index contributed by atoms with van der Waals surface area (Å²) in [6.45, 7) is 10.6. The number of benzene rings is 1. The highest BCUT2D eigenvalue weighted by atomic mass is 16.6. The van der Waals surface area contributed by atoms with Gasteiger partial charge in [-0.05, 0) is 94.7 Å². The minimum Gasteiger partial charge on any atom is -0.486 e. The van der Waals surface area contributed by atoms with Gasteiger partial charge in [0.05, 0.1) is 0 Å². The van der Waals surface area contributed by atoms with Gasteiger partial charge in [0.2, 0.25) is 5.91 Å². The van der Waals surface area contributed by atoms with Gasteiger partial charge in [-0.15, -0.1) is 0 Å². The highest BCUT2D eigenvalue weighted by Gasteiger charge is 2.26. The zero-order valence-corrected chi connectivity index (χ0v) is 22.6. The summed E-state index contributed by atoms with van der Waals surface area (Å²) in [7, 11) is 0. The maximum atomic E-state index is 12.8. The van der Waals surface area contributed by atoms with Crippen LogP contribution in [0.5, 0.6) is 11.5 Å². The van der Waals surface area contributed by atoms with E-state index in [1.165, 1.54) is 83.1 Å². The number of fused-ring (bicyclic) bond motifs is 1. The first-order valence-corrected chi connectivity index (χ1v) is 14.8. The van der Waals surface area contributed by atoms with E-state index >= 15 is 0 Å². The number of nitrogens with one attached hydrogen (secondary N) is 1. The zero-order valence-electron chi connectivity index (χ0n) is 22.6. The molecule has 1 aromatic carbocycles. The van der Waals surface area contributed by atoms with E-state index in [0.717, 1.165) is 49.8 Å². The Morgan fingerprint density at radius 3 is 2.64 bits per heavy atom. The van der Waals surface area contributed by atoms with E-state index in [-0.39, 0.29) is 11.9 Å². The molecule has 2 atom stereocenters. The van der Waals surface area contributed by atoms with Crippen LogP contribution in [0.15, 0.2) is 18.2 Å². The number of unbranched alkanes of at least 4 members (excludes halogenated alkanes) is 4. The molecule has 6 heteroatoms. The Balaban J connectivity index is 1.27. The van der Waals surface area contributed by atoms with Crippen LogP contribution in [0, 0.1) is 5.92 Å². The summed E-state index contributed by atoms with van der Waals surface area (Å²) in [6.07, 6.45) is 14.1. The minimum absolute atomic E-state index is 0.124. The molecule has 0 bridgehead atoms. The summed E-state index contributed by atoms with van der Waals surface area (Å²) >= 11 is 0. The van der Waals surface area contributed by atoms with Crippen molar-refractivity contribution in [3.63, 3.8) is 0 Å². The lowest BCUT2D eigenvalue weighted by Gasteiger charge is -2.26. The molecule has 1 N–H and O–H groups in total. The molecule has 0 aliphatic carbocycles. The van der Waals surface area contributed by atoms with E-state index < -0.39 is 0 Å². The van der Waals surface area contributed by atoms with Crippen molar-refractivity contribution in [1.82, 2.24) is 15.1 Å². The molecule has 0 aromatic heterocycles. The number of likely N-dealkylation sites (tertiary alicyclic amines) is 2. The van der Waals surface area contributed by atoms with Crippen molar-refractivity contribution in [1.29, 1.82) is 0 Å². The number of rotatable bonds is 15. The normalized spacial score (nSPS) is 21.1. The Morgan fingerprint density at radius 2 is 1.81 bits per heavy atom. The average molecular weight is 500 g/mol. The number of ether oxygens (including phenoxy) is 2. The van der Waals surface area contributed by atoms with Gasteiger partial charge in [0.25, 0.3) is 0 Å². The molecular weight excluding hydrogens is 450 g/mol. The standard InChI is InChI=1S/C30H49N3O3/c1-2-3-4-5-6-11-30(34)31-27(21-26-12-13-28-29(22-26)36-20-19-35-28)24-33-18-14-25(23-33)10-9-17-32-15-7-8-16-32/h12-13,22,25,27H,2-11,14-21,23-24H2,1H3,(H,31,34). The second kappa shape index (κ2) is 14.8. The van der Waals surface area contributed by atoms with Gasteiger partial charge in [0, 0.05) is 25.6 Å². The van der Waals surface area contributed by atoms with Crippen LogP contribution in [-0.4, -0.2) is 74.2 Å². The molecule has 3 aliphatic heterocycles. The molecule has 0 saturated carbocycles. The van der Waals surface area contributed by atoms with Gasteiger partial charge >= 0.3 is 0 Å². The second-order valence-corrected chi connectivity index (χ2v) is 11.2. The molecule has 3 aliphatic rings. The first-order chi connectivity index (χ1) is 17.7. The maximum absolute atomic E-state index is 12.8. The summed E-state index contributed by atoms with van der Waals surface area (Å²) in [6, 6.07) is 6.37. The Labute approximate surface area is 219 Å². The van der Waals surface area contributed by atoms with Gasteiger partial charge in [-0.2, -0.15) is 0 Å². The van der Waals surface area contributed by atoms with Crippen LogP contribution in [0.3, 0.4) is 0 Å². The van der Waals surface area contributed by atoms with Gasteiger partial charge in [0.1, 0.15) is 13.2 Å². The van der Waals surface area contributed by atoms with Crippen LogP contribution in [0.4, 0.5) is 0 Å². The topological polar surface area (TPSA) is 54.0 Å². The molecule has 36 heavy (non-hydrogen) atoms. The van der Waals surface area contributed by atoms with Crippen molar-refractivity contribution < 1.29 is 14.3 Å². The first-order valence-electron chi connectivity index (χ1n) is 14.8. The van der Waals surface area contributed by atoms with Crippen LogP contribution in [0.25, 0.3) is 0 Å². The predicted octanol–water partition coefficient (Wildman–Crippen LogP) is 5.04. The molecule has 0 spiro atoms. The third kappa shape index (κ3) is 8.95. The molecule has 6 nitrogen and oxygen atoms in total. The SMILES string of the molecule is CCCCCCCC(=O)NC(Cc1ccc2c(c1)OCCO2)CN1CCC(CCCN2CCCC2)C1. The molecule has 2 saturated heterocycles. The van der Waals surface area contributed by atoms with E-state index in [9.17, 15) is 4.79 Å². The summed E-state index contributed by atoms with van der Waals surface area (Å²) < 4.78 is 11.5. The highest BCUT2D eigenvalue weighted by Crippen LogP contribution is 2.31. The fourth-order valence-corrected chi connectivity index (χ4v) is 6.09. The molecule has 2 unspecified atom stereocenters. The summed E-state index contributed by atoms with van der Waals surface area (Å²) in [4.78, 5) is 18.1. The van der Waals surface area contributed by atoms with Crippen molar-refractivity contribution in [2.45, 2.75) is 90.0 Å². The van der Waals surface area contributed by atoms with Crippen molar-refractivity contribution in [3.05, 3.63) is 23.8 Å². The van der Waals surface area contributed by atoms with Crippen LogP contribution in [0.2, 0.25) is 0 Å². The Bertz CT molecular complexity index is 796. The van der Waals surface area contributed by atoms with Crippen LogP contribution in [0.1, 0.15) is 83.1 Å². The van der Waals surface area contributed by atoms with Crippen molar-refractivity contribution >= 4 is 5.91 Å². The molecule has 1 amide bonds. The van der Waals surface area contributed by atoms with Gasteiger partial charge in [0.15, 0.2) is 11.5 Å². The van der Waals surface area contributed by atoms with Gasteiger partial charge in [-0.25, -0.2) is 0 Å². The van der Waals surface area contributed by atoms with Gasteiger partial charge < -0.3 is 24.6 Å². The van der Waals surface area contributed by atoms with Gasteiger partial charge in [-0.1, -0.05) is 38.7 Å². The maximum Gasteiger partial charge on any atom is 0.220 e. The zero-order chi connectivity index (χ0) is 25.0. The molecule has 1 aromatic rings.